The summed E-state index contributed by atoms with van der Waals surface area (Å²) in [7, 11) is 0. The number of nitrogens with one attached hydrogen (secondary N) is 1. The first-order chi connectivity index (χ1) is 8.32. The molecule has 0 heterocycles. The highest BCUT2D eigenvalue weighted by molar-refractivity contribution is 5.84. The van der Waals surface area contributed by atoms with E-state index in [4.69, 9.17) is 5.73 Å². The minimum atomic E-state index is 0.129. The van der Waals surface area contributed by atoms with Gasteiger partial charge in [-0.1, -0.05) is 40.5 Å². The Kier molecular flexibility index (Phi) is 3.48. The van der Waals surface area contributed by atoms with E-state index in [0.717, 1.165) is 6.42 Å². The summed E-state index contributed by atoms with van der Waals surface area (Å²) in [6.07, 6.45) is 4.74. The first-order valence-corrected chi connectivity index (χ1v) is 7.33. The van der Waals surface area contributed by atoms with Crippen molar-refractivity contribution in [2.24, 2.45) is 28.4 Å². The van der Waals surface area contributed by atoms with Gasteiger partial charge < -0.3 is 11.1 Å². The molecular formula is C15H28N2O. The molecule has 0 aliphatic heterocycles. The molecular weight excluding hydrogens is 224 g/mol. The van der Waals surface area contributed by atoms with Crippen molar-refractivity contribution < 1.29 is 4.79 Å². The Labute approximate surface area is 111 Å². The molecule has 0 aromatic heterocycles. The van der Waals surface area contributed by atoms with Crippen LogP contribution in [0.25, 0.3) is 0 Å². The molecule has 3 heteroatoms. The fourth-order valence-corrected chi connectivity index (χ4v) is 3.80. The highest BCUT2D eigenvalue weighted by Crippen LogP contribution is 2.68. The molecule has 0 radical (unpaired) electrons. The largest absolute Gasteiger partial charge is 0.353 e. The van der Waals surface area contributed by atoms with Crippen LogP contribution < -0.4 is 11.1 Å². The first kappa shape index (κ1) is 13.9. The van der Waals surface area contributed by atoms with Crippen LogP contribution in [-0.4, -0.2) is 18.5 Å². The van der Waals surface area contributed by atoms with Gasteiger partial charge in [-0.3, -0.25) is 4.79 Å². The highest BCUT2D eigenvalue weighted by Gasteiger charge is 2.68. The molecule has 18 heavy (non-hydrogen) atoms. The van der Waals surface area contributed by atoms with Crippen molar-refractivity contribution in [2.75, 3.05) is 6.54 Å². The molecule has 2 saturated carbocycles. The second-order valence-corrected chi connectivity index (χ2v) is 7.27. The maximum absolute atomic E-state index is 12.4. The van der Waals surface area contributed by atoms with E-state index in [9.17, 15) is 4.79 Å². The third-order valence-corrected chi connectivity index (χ3v) is 5.82. The Morgan fingerprint density at radius 2 is 1.72 bits per heavy atom. The van der Waals surface area contributed by atoms with Gasteiger partial charge in [0, 0.05) is 12.0 Å². The Bertz CT molecular complexity index is 321. The average Bonchev–Trinajstić information content (AvgIpc) is 2.70. The molecule has 2 aliphatic carbocycles. The van der Waals surface area contributed by atoms with Gasteiger partial charge in [0.05, 0.1) is 0 Å². The molecule has 1 amide bonds. The summed E-state index contributed by atoms with van der Waals surface area (Å²) in [6.45, 7) is 9.47. The van der Waals surface area contributed by atoms with Crippen molar-refractivity contribution >= 4 is 5.91 Å². The van der Waals surface area contributed by atoms with Crippen LogP contribution >= 0.6 is 0 Å². The SMILES string of the molecule is CC1(C)C(C(=O)NC2CCCCC2CN)C1(C)C. The van der Waals surface area contributed by atoms with Crippen LogP contribution in [0.2, 0.25) is 0 Å². The van der Waals surface area contributed by atoms with Gasteiger partial charge in [0.25, 0.3) is 0 Å². The molecule has 3 N–H and O–H groups in total. The minimum absolute atomic E-state index is 0.129. The number of carbonyl (C=O) groups is 1. The van der Waals surface area contributed by atoms with E-state index in [2.05, 4.69) is 33.0 Å². The van der Waals surface area contributed by atoms with E-state index >= 15 is 0 Å². The first-order valence-electron chi connectivity index (χ1n) is 7.33. The predicted octanol–water partition coefficient (Wildman–Crippen LogP) is 2.30. The Morgan fingerprint density at radius 1 is 1.17 bits per heavy atom. The number of carbonyl (C=O) groups excluding carboxylic acids is 1. The standard InChI is InChI=1S/C15H28N2O/c1-14(2)12(15(14,3)4)13(18)17-11-8-6-5-7-10(11)9-16/h10-12H,5-9,16H2,1-4H3,(H,17,18). The molecule has 0 saturated heterocycles. The molecule has 0 spiro atoms. The topological polar surface area (TPSA) is 55.1 Å². The van der Waals surface area contributed by atoms with Crippen LogP contribution in [0.4, 0.5) is 0 Å². The zero-order valence-corrected chi connectivity index (χ0v) is 12.3. The number of rotatable bonds is 3. The molecule has 3 nitrogen and oxygen atoms in total. The molecule has 2 aliphatic rings. The van der Waals surface area contributed by atoms with Crippen LogP contribution in [0.3, 0.4) is 0 Å². The Balaban J connectivity index is 1.96. The predicted molar refractivity (Wildman–Crippen MR) is 74.0 cm³/mol. The van der Waals surface area contributed by atoms with Gasteiger partial charge in [-0.05, 0) is 36.1 Å². The fraction of sp³-hybridized carbons (Fsp3) is 0.933. The average molecular weight is 252 g/mol. The molecule has 2 atom stereocenters. The normalized spacial score (nSPS) is 34.1. The van der Waals surface area contributed by atoms with Crippen molar-refractivity contribution in [1.29, 1.82) is 0 Å². The number of amides is 1. The molecule has 2 fully saturated rings. The molecule has 0 aromatic carbocycles. The fourth-order valence-electron chi connectivity index (χ4n) is 3.80. The van der Waals surface area contributed by atoms with E-state index < -0.39 is 0 Å². The summed E-state index contributed by atoms with van der Waals surface area (Å²) >= 11 is 0. The van der Waals surface area contributed by atoms with Gasteiger partial charge in [-0.2, -0.15) is 0 Å². The molecule has 2 unspecified atom stereocenters. The second kappa shape index (κ2) is 4.52. The maximum atomic E-state index is 12.4. The van der Waals surface area contributed by atoms with Crippen molar-refractivity contribution in [1.82, 2.24) is 5.32 Å². The lowest BCUT2D eigenvalue weighted by Gasteiger charge is -2.31. The Hall–Kier alpha value is -0.570. The highest BCUT2D eigenvalue weighted by atomic mass is 16.2. The van der Waals surface area contributed by atoms with Crippen molar-refractivity contribution in [3.63, 3.8) is 0 Å². The van der Waals surface area contributed by atoms with Crippen LogP contribution in [-0.2, 0) is 4.79 Å². The van der Waals surface area contributed by atoms with Gasteiger partial charge in [-0.15, -0.1) is 0 Å². The van der Waals surface area contributed by atoms with E-state index in [-0.39, 0.29) is 22.7 Å². The molecule has 104 valence electrons. The quantitative estimate of drug-likeness (QED) is 0.810. The summed E-state index contributed by atoms with van der Waals surface area (Å²) in [6, 6.07) is 0.309. The van der Waals surface area contributed by atoms with Gasteiger partial charge in [0.1, 0.15) is 0 Å². The van der Waals surface area contributed by atoms with Crippen molar-refractivity contribution in [3.8, 4) is 0 Å². The van der Waals surface area contributed by atoms with Gasteiger partial charge in [0.15, 0.2) is 0 Å². The molecule has 0 bridgehead atoms. The third kappa shape index (κ3) is 2.07. The lowest BCUT2D eigenvalue weighted by atomic mass is 9.84. The van der Waals surface area contributed by atoms with Crippen molar-refractivity contribution in [3.05, 3.63) is 0 Å². The van der Waals surface area contributed by atoms with Crippen molar-refractivity contribution in [2.45, 2.75) is 59.4 Å². The summed E-state index contributed by atoms with van der Waals surface area (Å²) in [4.78, 5) is 12.4. The Morgan fingerprint density at radius 3 is 2.22 bits per heavy atom. The monoisotopic (exact) mass is 252 g/mol. The maximum Gasteiger partial charge on any atom is 0.224 e. The minimum Gasteiger partial charge on any atom is -0.353 e. The summed E-state index contributed by atoms with van der Waals surface area (Å²) in [5, 5.41) is 3.27. The third-order valence-electron chi connectivity index (χ3n) is 5.82. The van der Waals surface area contributed by atoms with E-state index in [1.165, 1.54) is 19.3 Å². The van der Waals surface area contributed by atoms with Crippen LogP contribution in [0.15, 0.2) is 0 Å². The van der Waals surface area contributed by atoms with Gasteiger partial charge >= 0.3 is 0 Å². The van der Waals surface area contributed by atoms with Crippen LogP contribution in [0.5, 0.6) is 0 Å². The summed E-state index contributed by atoms with van der Waals surface area (Å²) in [5.41, 5.74) is 6.07. The van der Waals surface area contributed by atoms with Gasteiger partial charge in [-0.25, -0.2) is 0 Å². The lowest BCUT2D eigenvalue weighted by molar-refractivity contribution is -0.124. The zero-order chi connectivity index (χ0) is 13.6. The molecule has 0 aromatic rings. The second-order valence-electron chi connectivity index (χ2n) is 7.27. The van der Waals surface area contributed by atoms with Crippen LogP contribution in [0.1, 0.15) is 53.4 Å². The van der Waals surface area contributed by atoms with E-state index in [0.29, 0.717) is 18.5 Å². The van der Waals surface area contributed by atoms with E-state index in [1.807, 2.05) is 0 Å². The van der Waals surface area contributed by atoms with E-state index in [1.54, 1.807) is 0 Å². The number of nitrogens with two attached hydrogens (primary N) is 1. The lowest BCUT2D eigenvalue weighted by Crippen LogP contribution is -2.45. The van der Waals surface area contributed by atoms with Gasteiger partial charge in [0.2, 0.25) is 5.91 Å². The number of hydrogen-bond donors (Lipinski definition) is 2. The number of hydrogen-bond acceptors (Lipinski definition) is 2. The summed E-state index contributed by atoms with van der Waals surface area (Å²) < 4.78 is 0. The smallest absolute Gasteiger partial charge is 0.224 e. The van der Waals surface area contributed by atoms with Crippen LogP contribution in [0, 0.1) is 22.7 Å². The zero-order valence-electron chi connectivity index (χ0n) is 12.3. The molecule has 2 rings (SSSR count). The summed E-state index contributed by atoms with van der Waals surface area (Å²) in [5.74, 6) is 0.883.